The van der Waals surface area contributed by atoms with E-state index in [0.717, 1.165) is 0 Å². The number of carbonyl (C=O) groups is 5. The van der Waals surface area contributed by atoms with Gasteiger partial charge in [0.15, 0.2) is 11.4 Å². The van der Waals surface area contributed by atoms with Crippen molar-refractivity contribution in [3.8, 4) is 5.75 Å². The first kappa shape index (κ1) is 29.7. The van der Waals surface area contributed by atoms with E-state index in [1.807, 2.05) is 0 Å². The number of nitrogens with two attached hydrogens (primary N) is 1. The molecule has 7 N–H and O–H groups in total. The minimum absolute atomic E-state index is 0.0879. The van der Waals surface area contributed by atoms with Crippen LogP contribution >= 0.6 is 0 Å². The van der Waals surface area contributed by atoms with Crippen LogP contribution in [0.15, 0.2) is 35.1 Å². The van der Waals surface area contributed by atoms with Crippen molar-refractivity contribution >= 4 is 35.2 Å². The molecule has 220 valence electrons. The lowest BCUT2D eigenvalue weighted by Crippen LogP contribution is -2.71. The number of likely N-dealkylation sites (N-methyl/N-ethyl adjacent to an activating group) is 1. The third-order valence-corrected chi connectivity index (χ3v) is 8.26. The average Bonchev–Trinajstić information content (AvgIpc) is 2.88. The second kappa shape index (κ2) is 10.6. The number of aliphatic carboxylic acids is 1. The fourth-order valence-corrected chi connectivity index (χ4v) is 6.44. The molecule has 0 radical (unpaired) electrons. The van der Waals surface area contributed by atoms with Crippen LogP contribution in [0.4, 0.5) is 0 Å². The summed E-state index contributed by atoms with van der Waals surface area (Å²) in [5.74, 6) is -11.4. The largest absolute Gasteiger partial charge is 0.508 e. The van der Waals surface area contributed by atoms with Gasteiger partial charge in [-0.3, -0.25) is 28.9 Å². The number of hydrogen-bond acceptors (Lipinski definition) is 11. The molecular formula is C28H32N2O11. The van der Waals surface area contributed by atoms with E-state index in [4.69, 9.17) is 15.6 Å². The molecule has 1 amide bonds. The number of carboxylic acid groups (broad SMARTS) is 1. The number of hydrogen-bond donors (Lipinski definition) is 6. The van der Waals surface area contributed by atoms with Gasteiger partial charge in [-0.25, -0.2) is 0 Å². The van der Waals surface area contributed by atoms with Crippen molar-refractivity contribution < 1.29 is 54.2 Å². The van der Waals surface area contributed by atoms with Gasteiger partial charge in [0.2, 0.25) is 5.78 Å². The first-order valence-corrected chi connectivity index (χ1v) is 13.0. The van der Waals surface area contributed by atoms with Gasteiger partial charge in [0.05, 0.1) is 17.5 Å². The molecular weight excluding hydrogens is 540 g/mol. The highest BCUT2D eigenvalue weighted by molar-refractivity contribution is 6.24. The molecule has 3 aliphatic carbocycles. The number of esters is 1. The summed E-state index contributed by atoms with van der Waals surface area (Å²) in [6.07, 6.45) is -1.62. The van der Waals surface area contributed by atoms with E-state index in [-0.39, 0.29) is 37.0 Å². The lowest BCUT2D eigenvalue weighted by Gasteiger charge is -2.54. The molecule has 4 rings (SSSR count). The lowest BCUT2D eigenvalue weighted by atomic mass is 9.54. The number of carboxylic acids is 1. The zero-order valence-electron chi connectivity index (χ0n) is 22.7. The molecule has 1 fully saturated rings. The second-order valence-electron chi connectivity index (χ2n) is 10.9. The van der Waals surface area contributed by atoms with Gasteiger partial charge in [-0.2, -0.15) is 0 Å². The van der Waals surface area contributed by atoms with Crippen LogP contribution in [0.2, 0.25) is 0 Å². The maximum absolute atomic E-state index is 14.1. The number of ketones is 2. The van der Waals surface area contributed by atoms with Gasteiger partial charge in [0.25, 0.3) is 5.91 Å². The number of unbranched alkanes of at least 4 members (excludes halogenated alkanes) is 1. The van der Waals surface area contributed by atoms with Crippen molar-refractivity contribution in [2.45, 2.75) is 56.3 Å². The number of nitrogens with zero attached hydrogens (tertiary/aromatic N) is 1. The zero-order valence-corrected chi connectivity index (χ0v) is 22.7. The van der Waals surface area contributed by atoms with Crippen LogP contribution in [-0.4, -0.2) is 91.7 Å². The molecule has 0 unspecified atom stereocenters. The summed E-state index contributed by atoms with van der Waals surface area (Å²) in [6.45, 7) is 1.65. The summed E-state index contributed by atoms with van der Waals surface area (Å²) in [4.78, 5) is 65.1. The highest BCUT2D eigenvalue weighted by atomic mass is 16.5. The van der Waals surface area contributed by atoms with Gasteiger partial charge in [0, 0.05) is 24.3 Å². The smallest absolute Gasteiger partial charge is 0.306 e. The zero-order chi connectivity index (χ0) is 30.5. The third kappa shape index (κ3) is 4.54. The maximum atomic E-state index is 14.1. The number of amides is 1. The predicted octanol–water partition coefficient (Wildman–Crippen LogP) is 0.692. The summed E-state index contributed by atoms with van der Waals surface area (Å²) >= 11 is 0. The van der Waals surface area contributed by atoms with E-state index in [9.17, 15) is 44.4 Å². The van der Waals surface area contributed by atoms with Crippen LogP contribution in [0, 0.1) is 11.8 Å². The quantitative estimate of drug-likeness (QED) is 0.144. The number of aliphatic hydroxyl groups is 3. The summed E-state index contributed by atoms with van der Waals surface area (Å²) in [5.41, 5.74) is 1.19. The maximum Gasteiger partial charge on any atom is 0.306 e. The minimum Gasteiger partial charge on any atom is -0.508 e. The van der Waals surface area contributed by atoms with Crippen molar-refractivity contribution in [2.75, 3.05) is 14.1 Å². The van der Waals surface area contributed by atoms with Crippen LogP contribution < -0.4 is 5.73 Å². The number of phenolic OH excluding ortho intramolecular Hbond substituents is 1. The van der Waals surface area contributed by atoms with Gasteiger partial charge in [-0.1, -0.05) is 19.1 Å². The summed E-state index contributed by atoms with van der Waals surface area (Å²) in [5, 5.41) is 53.9. The Bertz CT molecular complexity index is 1410. The number of primary amides is 1. The predicted molar refractivity (Wildman–Crippen MR) is 140 cm³/mol. The number of Topliss-reactive ketones (excluding diaryl/α,β-unsaturated/α-hetero) is 2. The number of carbonyl (C=O) groups excluding carboxylic acids is 4. The highest BCUT2D eigenvalue weighted by Gasteiger charge is 2.69. The Labute approximate surface area is 234 Å². The summed E-state index contributed by atoms with van der Waals surface area (Å²) in [6, 6.07) is 2.93. The normalized spacial score (nSPS) is 29.1. The molecule has 1 saturated carbocycles. The van der Waals surface area contributed by atoms with E-state index in [0.29, 0.717) is 5.56 Å². The van der Waals surface area contributed by atoms with Crippen LogP contribution in [0.5, 0.6) is 5.75 Å². The first-order chi connectivity index (χ1) is 19.2. The van der Waals surface area contributed by atoms with Gasteiger partial charge in [-0.15, -0.1) is 0 Å². The summed E-state index contributed by atoms with van der Waals surface area (Å²) in [7, 11) is 2.86. The van der Waals surface area contributed by atoms with Crippen molar-refractivity contribution in [2.24, 2.45) is 17.6 Å². The van der Waals surface area contributed by atoms with Gasteiger partial charge >= 0.3 is 11.9 Å². The SMILES string of the molecule is C[C@H]1c2cccc(O)c2C(O)=C2C(=O)[C@]3(O)C(O)=C(C(N)=O)C(=O)[C@@H](N(C)C)[C@@H]3[C@@H](OC(=O)CCCCC(=O)O)[C@@H]21. The monoisotopic (exact) mass is 572 g/mol. The van der Waals surface area contributed by atoms with Crippen molar-refractivity contribution in [1.29, 1.82) is 0 Å². The van der Waals surface area contributed by atoms with Crippen LogP contribution in [-0.2, 0) is 28.7 Å². The molecule has 13 heteroatoms. The van der Waals surface area contributed by atoms with E-state index in [2.05, 4.69) is 0 Å². The molecule has 1 aromatic carbocycles. The number of ether oxygens (including phenoxy) is 1. The molecule has 0 aliphatic heterocycles. The van der Waals surface area contributed by atoms with Crippen molar-refractivity contribution in [3.05, 3.63) is 46.2 Å². The van der Waals surface area contributed by atoms with Crippen LogP contribution in [0.25, 0.3) is 5.76 Å². The molecule has 3 aliphatic rings. The fraction of sp³-hybridized carbons (Fsp3) is 0.464. The Balaban J connectivity index is 1.95. The van der Waals surface area contributed by atoms with E-state index >= 15 is 0 Å². The standard InChI is InChI=1S/C28H32N2O11/c1-11-12-7-6-8-13(31)17(12)22(35)18-16(11)24(41-15(34)10-5-4-9-14(32)33)20-21(30(2)3)23(36)19(27(29)39)26(38)28(20,40)25(18)37/h6-8,11,16,20-21,24,31,35,38,40H,4-5,9-10H2,1-3H3,(H2,29,39)(H,32,33)/t11-,16+,20+,21-,24-,28-/m0/s1. The fourth-order valence-electron chi connectivity index (χ4n) is 6.44. The number of rotatable bonds is 8. The first-order valence-electron chi connectivity index (χ1n) is 13.0. The summed E-state index contributed by atoms with van der Waals surface area (Å²) < 4.78 is 5.85. The molecule has 13 nitrogen and oxygen atoms in total. The number of phenols is 1. The third-order valence-electron chi connectivity index (χ3n) is 8.26. The Morgan fingerprint density at radius 3 is 2.29 bits per heavy atom. The molecule has 0 spiro atoms. The van der Waals surface area contributed by atoms with E-state index in [1.165, 1.54) is 31.1 Å². The molecule has 6 atom stereocenters. The van der Waals surface area contributed by atoms with Crippen LogP contribution in [0.3, 0.4) is 0 Å². The molecule has 1 aromatic rings. The second-order valence-corrected chi connectivity index (χ2v) is 10.9. The Morgan fingerprint density at radius 2 is 1.71 bits per heavy atom. The molecule has 0 bridgehead atoms. The molecule has 0 saturated heterocycles. The van der Waals surface area contributed by atoms with Crippen LogP contribution in [0.1, 0.15) is 49.7 Å². The van der Waals surface area contributed by atoms with Gasteiger partial charge in [0.1, 0.15) is 28.9 Å². The van der Waals surface area contributed by atoms with Gasteiger partial charge in [-0.05, 0) is 44.5 Å². The average molecular weight is 573 g/mol. The molecule has 41 heavy (non-hydrogen) atoms. The van der Waals surface area contributed by atoms with Crippen molar-refractivity contribution in [3.63, 3.8) is 0 Å². The van der Waals surface area contributed by atoms with Crippen molar-refractivity contribution in [1.82, 2.24) is 4.90 Å². The Kier molecular flexibility index (Phi) is 7.71. The Morgan fingerprint density at radius 1 is 1.07 bits per heavy atom. The molecule has 0 heterocycles. The topological polar surface area (TPSA) is 225 Å². The highest BCUT2D eigenvalue weighted by Crippen LogP contribution is 2.56. The lowest BCUT2D eigenvalue weighted by molar-refractivity contribution is -0.185. The number of benzene rings is 1. The van der Waals surface area contributed by atoms with Gasteiger partial charge < -0.3 is 36.0 Å². The van der Waals surface area contributed by atoms with E-state index < -0.39 is 87.6 Å². The minimum atomic E-state index is -3.02. The number of fused-ring (bicyclic) bond motifs is 3. The number of aromatic hydroxyl groups is 1. The number of aliphatic hydroxyl groups excluding tert-OH is 2. The molecule has 0 aromatic heterocycles. The Hall–Kier alpha value is -4.23. The van der Waals surface area contributed by atoms with E-state index in [1.54, 1.807) is 13.0 Å².